The molecule has 5 nitrogen and oxygen atoms in total. The Morgan fingerprint density at radius 2 is 1.93 bits per heavy atom. The summed E-state index contributed by atoms with van der Waals surface area (Å²) in [5, 5.41) is 5.32. The van der Waals surface area contributed by atoms with Gasteiger partial charge >= 0.3 is 0 Å². The van der Waals surface area contributed by atoms with E-state index < -0.39 is 0 Å². The standard InChI is InChI=1S/C21H23FN4O/c1-2-25(16-7-4-3-5-8-16)21(27)19-18-9-6-14-23-20(18)26(24-19)17-12-10-15(22)11-13-17/h6,9-14,16H,2-5,7-8H2,1H3. The number of hydrogen-bond donors (Lipinski definition) is 0. The highest BCUT2D eigenvalue weighted by Gasteiger charge is 2.28. The number of rotatable bonds is 4. The Morgan fingerprint density at radius 1 is 1.19 bits per heavy atom. The molecule has 0 N–H and O–H groups in total. The SMILES string of the molecule is CCN(C(=O)c1nn(-c2ccc(F)cc2)c2ncccc12)C1CCCCC1. The fourth-order valence-electron chi connectivity index (χ4n) is 3.97. The molecule has 0 atom stereocenters. The smallest absolute Gasteiger partial charge is 0.275 e. The van der Waals surface area contributed by atoms with Gasteiger partial charge in [0.25, 0.3) is 5.91 Å². The summed E-state index contributed by atoms with van der Waals surface area (Å²) in [6.07, 6.45) is 7.36. The minimum Gasteiger partial charge on any atom is -0.335 e. The summed E-state index contributed by atoms with van der Waals surface area (Å²) in [5.74, 6) is -0.364. The Kier molecular flexibility index (Phi) is 4.88. The highest BCUT2D eigenvalue weighted by atomic mass is 19.1. The van der Waals surface area contributed by atoms with E-state index in [1.54, 1.807) is 23.0 Å². The van der Waals surface area contributed by atoms with E-state index in [0.717, 1.165) is 18.2 Å². The van der Waals surface area contributed by atoms with Gasteiger partial charge in [-0.2, -0.15) is 5.10 Å². The van der Waals surface area contributed by atoms with E-state index in [1.807, 2.05) is 24.0 Å². The molecular formula is C21H23FN4O. The van der Waals surface area contributed by atoms with Crippen LogP contribution in [0.4, 0.5) is 4.39 Å². The van der Waals surface area contributed by atoms with Crippen LogP contribution >= 0.6 is 0 Å². The van der Waals surface area contributed by atoms with Crippen LogP contribution in [0.1, 0.15) is 49.5 Å². The lowest BCUT2D eigenvalue weighted by atomic mass is 9.94. The van der Waals surface area contributed by atoms with Crippen molar-refractivity contribution in [1.29, 1.82) is 0 Å². The first-order chi connectivity index (χ1) is 13.2. The molecule has 0 unspecified atom stereocenters. The van der Waals surface area contributed by atoms with Gasteiger partial charge in [0.15, 0.2) is 11.3 Å². The van der Waals surface area contributed by atoms with Crippen molar-refractivity contribution >= 4 is 16.9 Å². The number of halogens is 1. The molecule has 2 heterocycles. The minimum absolute atomic E-state index is 0.0525. The summed E-state index contributed by atoms with van der Waals surface area (Å²) in [4.78, 5) is 19.7. The molecule has 1 amide bonds. The quantitative estimate of drug-likeness (QED) is 0.690. The van der Waals surface area contributed by atoms with Crippen molar-refractivity contribution in [2.75, 3.05) is 6.54 Å². The van der Waals surface area contributed by atoms with Crippen molar-refractivity contribution in [3.8, 4) is 5.69 Å². The number of pyridine rings is 1. The summed E-state index contributed by atoms with van der Waals surface area (Å²) >= 11 is 0. The van der Waals surface area contributed by atoms with Crippen LogP contribution in [-0.2, 0) is 0 Å². The van der Waals surface area contributed by atoms with E-state index in [0.29, 0.717) is 23.6 Å². The van der Waals surface area contributed by atoms with Crippen LogP contribution in [0.5, 0.6) is 0 Å². The Morgan fingerprint density at radius 3 is 2.63 bits per heavy atom. The normalized spacial score (nSPS) is 15.2. The fourth-order valence-corrected chi connectivity index (χ4v) is 3.97. The molecule has 0 bridgehead atoms. The fraction of sp³-hybridized carbons (Fsp3) is 0.381. The zero-order valence-electron chi connectivity index (χ0n) is 15.4. The van der Waals surface area contributed by atoms with Crippen molar-refractivity contribution in [2.24, 2.45) is 0 Å². The highest BCUT2D eigenvalue weighted by molar-refractivity contribution is 6.04. The van der Waals surface area contributed by atoms with E-state index in [1.165, 1.54) is 31.4 Å². The monoisotopic (exact) mass is 366 g/mol. The van der Waals surface area contributed by atoms with Gasteiger partial charge in [-0.05, 0) is 56.2 Å². The maximum Gasteiger partial charge on any atom is 0.275 e. The van der Waals surface area contributed by atoms with E-state index in [4.69, 9.17) is 0 Å². The first-order valence-electron chi connectivity index (χ1n) is 9.59. The van der Waals surface area contributed by atoms with Gasteiger partial charge in [0.1, 0.15) is 5.82 Å². The van der Waals surface area contributed by atoms with Crippen LogP contribution in [0.15, 0.2) is 42.6 Å². The second kappa shape index (κ2) is 7.47. The van der Waals surface area contributed by atoms with E-state index >= 15 is 0 Å². The van der Waals surface area contributed by atoms with Crippen molar-refractivity contribution in [2.45, 2.75) is 45.1 Å². The second-order valence-corrected chi connectivity index (χ2v) is 6.99. The zero-order valence-corrected chi connectivity index (χ0v) is 15.4. The van der Waals surface area contributed by atoms with Crippen LogP contribution in [0, 0.1) is 5.82 Å². The number of benzene rings is 1. The van der Waals surface area contributed by atoms with Crippen molar-refractivity contribution < 1.29 is 9.18 Å². The molecule has 0 radical (unpaired) electrons. The summed E-state index contributed by atoms with van der Waals surface area (Å²) in [7, 11) is 0. The molecule has 2 aromatic heterocycles. The third kappa shape index (κ3) is 3.31. The minimum atomic E-state index is -0.311. The van der Waals surface area contributed by atoms with Gasteiger partial charge in [-0.15, -0.1) is 0 Å². The predicted octanol–water partition coefficient (Wildman–Crippen LogP) is 4.35. The van der Waals surface area contributed by atoms with E-state index in [9.17, 15) is 9.18 Å². The molecule has 27 heavy (non-hydrogen) atoms. The molecule has 0 spiro atoms. The van der Waals surface area contributed by atoms with Gasteiger partial charge in [-0.25, -0.2) is 14.1 Å². The van der Waals surface area contributed by atoms with Crippen molar-refractivity contribution in [1.82, 2.24) is 19.7 Å². The highest BCUT2D eigenvalue weighted by Crippen LogP contribution is 2.26. The molecule has 1 aliphatic rings. The Labute approximate surface area is 157 Å². The molecule has 0 aliphatic heterocycles. The predicted molar refractivity (Wildman–Crippen MR) is 102 cm³/mol. The maximum absolute atomic E-state index is 13.4. The molecule has 3 aromatic rings. The number of aromatic nitrogens is 3. The van der Waals surface area contributed by atoms with E-state index in [-0.39, 0.29) is 17.8 Å². The third-order valence-corrected chi connectivity index (χ3v) is 5.33. The average molecular weight is 366 g/mol. The zero-order chi connectivity index (χ0) is 18.8. The molecule has 1 aliphatic carbocycles. The van der Waals surface area contributed by atoms with Gasteiger partial charge in [0.2, 0.25) is 0 Å². The van der Waals surface area contributed by atoms with Crippen LogP contribution in [0.25, 0.3) is 16.7 Å². The molecule has 140 valence electrons. The lowest BCUT2D eigenvalue weighted by Gasteiger charge is -2.33. The number of fused-ring (bicyclic) bond motifs is 1. The molecule has 1 fully saturated rings. The Balaban J connectivity index is 1.77. The summed E-state index contributed by atoms with van der Waals surface area (Å²) in [6, 6.07) is 10.0. The van der Waals surface area contributed by atoms with Crippen LogP contribution < -0.4 is 0 Å². The first kappa shape index (κ1) is 17.6. The second-order valence-electron chi connectivity index (χ2n) is 6.99. The number of carbonyl (C=O) groups excluding carboxylic acids is 1. The van der Waals surface area contributed by atoms with Crippen molar-refractivity contribution in [3.63, 3.8) is 0 Å². The number of nitrogens with zero attached hydrogens (tertiary/aromatic N) is 4. The number of amides is 1. The number of carbonyl (C=O) groups is 1. The van der Waals surface area contributed by atoms with Gasteiger partial charge < -0.3 is 4.90 Å². The number of hydrogen-bond acceptors (Lipinski definition) is 3. The molecular weight excluding hydrogens is 343 g/mol. The van der Waals surface area contributed by atoms with Crippen molar-refractivity contribution in [3.05, 3.63) is 54.1 Å². The summed E-state index contributed by atoms with van der Waals surface area (Å²) < 4.78 is 14.9. The third-order valence-electron chi connectivity index (χ3n) is 5.33. The van der Waals surface area contributed by atoms with Crippen LogP contribution in [0.2, 0.25) is 0 Å². The van der Waals surface area contributed by atoms with E-state index in [2.05, 4.69) is 10.1 Å². The maximum atomic E-state index is 13.4. The largest absolute Gasteiger partial charge is 0.335 e. The Hall–Kier alpha value is -2.76. The topological polar surface area (TPSA) is 51.0 Å². The first-order valence-corrected chi connectivity index (χ1v) is 9.59. The summed E-state index contributed by atoms with van der Waals surface area (Å²) in [6.45, 7) is 2.68. The van der Waals surface area contributed by atoms with Gasteiger partial charge in [0.05, 0.1) is 11.1 Å². The van der Waals surface area contributed by atoms with Crippen LogP contribution in [0.3, 0.4) is 0 Å². The summed E-state index contributed by atoms with van der Waals surface area (Å²) in [5.41, 5.74) is 1.70. The lowest BCUT2D eigenvalue weighted by molar-refractivity contribution is 0.0643. The van der Waals surface area contributed by atoms with Gasteiger partial charge in [-0.1, -0.05) is 19.3 Å². The average Bonchev–Trinajstić information content (AvgIpc) is 3.10. The van der Waals surface area contributed by atoms with Gasteiger partial charge in [0, 0.05) is 18.8 Å². The van der Waals surface area contributed by atoms with Crippen LogP contribution in [-0.4, -0.2) is 38.2 Å². The molecule has 1 aromatic carbocycles. The molecule has 4 rings (SSSR count). The molecule has 6 heteroatoms. The van der Waals surface area contributed by atoms with Gasteiger partial charge in [-0.3, -0.25) is 4.79 Å². The Bertz CT molecular complexity index is 944. The molecule has 0 saturated heterocycles. The lowest BCUT2D eigenvalue weighted by Crippen LogP contribution is -2.41. The molecule has 1 saturated carbocycles.